The Morgan fingerprint density at radius 3 is 2.67 bits per heavy atom. The first-order valence-corrected chi connectivity index (χ1v) is 6.79. The van der Waals surface area contributed by atoms with Gasteiger partial charge >= 0.3 is 0 Å². The summed E-state index contributed by atoms with van der Waals surface area (Å²) in [6, 6.07) is 14.2. The molecule has 4 heteroatoms. The molecule has 0 aliphatic rings. The van der Waals surface area contributed by atoms with Gasteiger partial charge in [0, 0.05) is 5.56 Å². The molecule has 0 bridgehead atoms. The van der Waals surface area contributed by atoms with Gasteiger partial charge in [0.2, 0.25) is 0 Å². The average molecular weight is 300 g/mol. The van der Waals surface area contributed by atoms with E-state index in [0.717, 1.165) is 5.56 Å². The Kier molecular flexibility index (Phi) is 4.62. The molecule has 3 nitrogen and oxygen atoms in total. The van der Waals surface area contributed by atoms with Crippen molar-refractivity contribution in [2.75, 3.05) is 7.11 Å². The largest absolute Gasteiger partial charge is 0.497 e. The molecular formula is C17H14ClNO2. The maximum absolute atomic E-state index is 12.6. The van der Waals surface area contributed by atoms with E-state index in [1.165, 1.54) is 0 Å². The normalized spacial score (nSPS) is 11.5. The van der Waals surface area contributed by atoms with Crippen LogP contribution < -0.4 is 4.74 Å². The fraction of sp³-hybridized carbons (Fsp3) is 0.176. The Morgan fingerprint density at radius 1 is 1.29 bits per heavy atom. The van der Waals surface area contributed by atoms with Crippen molar-refractivity contribution in [3.8, 4) is 11.8 Å². The zero-order chi connectivity index (χ0) is 15.4. The van der Waals surface area contributed by atoms with E-state index in [-0.39, 0.29) is 5.78 Å². The fourth-order valence-electron chi connectivity index (χ4n) is 2.10. The molecule has 0 radical (unpaired) electrons. The molecule has 2 aromatic rings. The number of rotatable bonds is 4. The number of hydrogen-bond donors (Lipinski definition) is 0. The summed E-state index contributed by atoms with van der Waals surface area (Å²) in [5.74, 6) is -0.602. The van der Waals surface area contributed by atoms with E-state index in [4.69, 9.17) is 16.3 Å². The van der Waals surface area contributed by atoms with E-state index >= 15 is 0 Å². The molecule has 0 aliphatic carbocycles. The first-order chi connectivity index (χ1) is 10.1. The highest BCUT2D eigenvalue weighted by molar-refractivity contribution is 6.35. The van der Waals surface area contributed by atoms with Crippen LogP contribution in [0.3, 0.4) is 0 Å². The molecule has 0 aromatic heterocycles. The van der Waals surface area contributed by atoms with Gasteiger partial charge in [-0.05, 0) is 36.2 Å². The average Bonchev–Trinajstić information content (AvgIpc) is 2.51. The van der Waals surface area contributed by atoms with Crippen LogP contribution in [0.4, 0.5) is 0 Å². The van der Waals surface area contributed by atoms with Crippen LogP contribution in [-0.2, 0) is 0 Å². The Bertz CT molecular complexity index is 719. The van der Waals surface area contributed by atoms with Gasteiger partial charge in [0.1, 0.15) is 11.7 Å². The number of benzene rings is 2. The molecule has 0 spiro atoms. The molecule has 1 atom stereocenters. The van der Waals surface area contributed by atoms with Crippen molar-refractivity contribution >= 4 is 17.4 Å². The number of carbonyl (C=O) groups is 1. The number of ketones is 1. The van der Waals surface area contributed by atoms with Crippen LogP contribution in [0.15, 0.2) is 42.5 Å². The predicted octanol–water partition coefficient (Wildman–Crippen LogP) is 4.15. The lowest BCUT2D eigenvalue weighted by atomic mass is 9.91. The van der Waals surface area contributed by atoms with Gasteiger partial charge in [-0.15, -0.1) is 0 Å². The van der Waals surface area contributed by atoms with Crippen molar-refractivity contribution < 1.29 is 9.53 Å². The van der Waals surface area contributed by atoms with Crippen molar-refractivity contribution in [1.29, 1.82) is 5.26 Å². The van der Waals surface area contributed by atoms with E-state index in [1.807, 2.05) is 13.0 Å². The lowest BCUT2D eigenvalue weighted by Crippen LogP contribution is -2.12. The summed E-state index contributed by atoms with van der Waals surface area (Å²) in [6.45, 7) is 1.83. The van der Waals surface area contributed by atoms with Gasteiger partial charge in [0.25, 0.3) is 0 Å². The molecule has 0 fully saturated rings. The first kappa shape index (κ1) is 15.1. The number of nitrogens with zero attached hydrogens (tertiary/aromatic N) is 1. The number of ether oxygens (including phenoxy) is 1. The van der Waals surface area contributed by atoms with Crippen LogP contribution in [0.5, 0.6) is 5.75 Å². The molecule has 0 aliphatic heterocycles. The van der Waals surface area contributed by atoms with Crippen LogP contribution in [0.25, 0.3) is 0 Å². The number of methoxy groups -OCH3 is 1. The Hall–Kier alpha value is -2.31. The quantitative estimate of drug-likeness (QED) is 0.797. The van der Waals surface area contributed by atoms with Crippen molar-refractivity contribution in [3.63, 3.8) is 0 Å². The highest BCUT2D eigenvalue weighted by Gasteiger charge is 2.24. The molecule has 0 N–H and O–H groups in total. The second-order valence-electron chi connectivity index (χ2n) is 4.64. The summed E-state index contributed by atoms with van der Waals surface area (Å²) in [5.41, 5.74) is 1.77. The van der Waals surface area contributed by atoms with E-state index in [0.29, 0.717) is 21.9 Å². The Morgan fingerprint density at radius 2 is 2.00 bits per heavy atom. The minimum atomic E-state index is -0.903. The second kappa shape index (κ2) is 6.43. The summed E-state index contributed by atoms with van der Waals surface area (Å²) in [4.78, 5) is 12.6. The highest BCUT2D eigenvalue weighted by Crippen LogP contribution is 2.28. The molecule has 0 amide bonds. The monoisotopic (exact) mass is 299 g/mol. The van der Waals surface area contributed by atoms with Gasteiger partial charge < -0.3 is 4.74 Å². The van der Waals surface area contributed by atoms with Crippen LogP contribution in [-0.4, -0.2) is 12.9 Å². The first-order valence-electron chi connectivity index (χ1n) is 6.41. The number of nitriles is 1. The second-order valence-corrected chi connectivity index (χ2v) is 5.02. The molecule has 2 rings (SSSR count). The standard InChI is InChI=1S/C17H14ClNO2/c1-11-5-3-8-14(16(11)18)17(20)15(10-19)12-6-4-7-13(9-12)21-2/h3-9,15H,1-2H3. The van der Waals surface area contributed by atoms with Crippen LogP contribution in [0, 0.1) is 18.3 Å². The van der Waals surface area contributed by atoms with Gasteiger partial charge in [-0.25, -0.2) is 0 Å². The van der Waals surface area contributed by atoms with E-state index in [9.17, 15) is 10.1 Å². The maximum atomic E-state index is 12.6. The van der Waals surface area contributed by atoms with Crippen molar-refractivity contribution in [2.24, 2.45) is 0 Å². The lowest BCUT2D eigenvalue weighted by molar-refractivity contribution is 0.0979. The van der Waals surface area contributed by atoms with E-state index in [1.54, 1.807) is 43.5 Å². The van der Waals surface area contributed by atoms with Gasteiger partial charge in [0.15, 0.2) is 5.78 Å². The Labute approximate surface area is 128 Å². The predicted molar refractivity (Wildman–Crippen MR) is 81.9 cm³/mol. The van der Waals surface area contributed by atoms with Gasteiger partial charge in [-0.2, -0.15) is 5.26 Å². The molecule has 21 heavy (non-hydrogen) atoms. The number of hydrogen-bond acceptors (Lipinski definition) is 3. The summed E-state index contributed by atoms with van der Waals surface area (Å²) >= 11 is 6.18. The molecule has 0 saturated carbocycles. The zero-order valence-electron chi connectivity index (χ0n) is 11.8. The highest BCUT2D eigenvalue weighted by atomic mass is 35.5. The molecule has 1 unspecified atom stereocenters. The van der Waals surface area contributed by atoms with Crippen LogP contribution in [0.2, 0.25) is 5.02 Å². The number of carbonyl (C=O) groups excluding carboxylic acids is 1. The maximum Gasteiger partial charge on any atom is 0.185 e. The summed E-state index contributed by atoms with van der Waals surface area (Å²) < 4.78 is 5.13. The van der Waals surface area contributed by atoms with E-state index in [2.05, 4.69) is 6.07 Å². The van der Waals surface area contributed by atoms with Gasteiger partial charge in [-0.1, -0.05) is 35.9 Å². The van der Waals surface area contributed by atoms with Crippen LogP contribution >= 0.6 is 11.6 Å². The van der Waals surface area contributed by atoms with Gasteiger partial charge in [-0.3, -0.25) is 4.79 Å². The molecular weight excluding hydrogens is 286 g/mol. The topological polar surface area (TPSA) is 50.1 Å². The molecule has 106 valence electrons. The van der Waals surface area contributed by atoms with Crippen molar-refractivity contribution in [3.05, 3.63) is 64.2 Å². The van der Waals surface area contributed by atoms with Crippen molar-refractivity contribution in [2.45, 2.75) is 12.8 Å². The Balaban J connectivity index is 2.44. The fourth-order valence-corrected chi connectivity index (χ4v) is 2.32. The number of aryl methyl sites for hydroxylation is 1. The third kappa shape index (κ3) is 3.07. The number of halogens is 1. The third-order valence-electron chi connectivity index (χ3n) is 3.28. The zero-order valence-corrected chi connectivity index (χ0v) is 12.5. The van der Waals surface area contributed by atoms with Crippen molar-refractivity contribution in [1.82, 2.24) is 0 Å². The minimum Gasteiger partial charge on any atom is -0.497 e. The summed E-state index contributed by atoms with van der Waals surface area (Å²) in [7, 11) is 1.54. The molecule has 0 saturated heterocycles. The number of Topliss-reactive ketones (excluding diaryl/α,β-unsaturated/α-hetero) is 1. The summed E-state index contributed by atoms with van der Waals surface area (Å²) in [5, 5.41) is 9.77. The SMILES string of the molecule is COc1cccc(C(C#N)C(=O)c2cccc(C)c2Cl)c1. The smallest absolute Gasteiger partial charge is 0.185 e. The third-order valence-corrected chi connectivity index (χ3v) is 3.78. The lowest BCUT2D eigenvalue weighted by Gasteiger charge is -2.12. The molecule has 0 heterocycles. The van der Waals surface area contributed by atoms with Crippen LogP contribution in [0.1, 0.15) is 27.4 Å². The van der Waals surface area contributed by atoms with E-state index < -0.39 is 5.92 Å². The summed E-state index contributed by atoms with van der Waals surface area (Å²) in [6.07, 6.45) is 0. The minimum absolute atomic E-state index is 0.306. The molecule has 2 aromatic carbocycles. The van der Waals surface area contributed by atoms with Gasteiger partial charge in [0.05, 0.1) is 18.2 Å².